The molecule has 0 bridgehead atoms. The summed E-state index contributed by atoms with van der Waals surface area (Å²) in [6.45, 7) is 2.03. The van der Waals surface area contributed by atoms with E-state index in [0.717, 1.165) is 20.4 Å². The van der Waals surface area contributed by atoms with Gasteiger partial charge in [-0.2, -0.15) is 9.78 Å². The molecule has 0 radical (unpaired) electrons. The highest BCUT2D eigenvalue weighted by molar-refractivity contribution is 5.91. The number of carbonyl (C=O) groups excluding carboxylic acids is 1. The van der Waals surface area contributed by atoms with Gasteiger partial charge >= 0.3 is 5.69 Å². The summed E-state index contributed by atoms with van der Waals surface area (Å²) in [6.07, 6.45) is 1.49. The number of carbonyl (C=O) groups is 1. The first kappa shape index (κ1) is 20.1. The topological polar surface area (TPSA) is 99.1 Å². The van der Waals surface area contributed by atoms with E-state index in [1.54, 1.807) is 36.4 Å². The minimum Gasteiger partial charge on any atom is -0.467 e. The van der Waals surface area contributed by atoms with Crippen LogP contribution in [0, 0.1) is 6.92 Å². The van der Waals surface area contributed by atoms with Gasteiger partial charge in [-0.3, -0.25) is 14.2 Å². The van der Waals surface area contributed by atoms with Gasteiger partial charge < -0.3 is 9.73 Å². The molecule has 0 saturated carbocycles. The molecule has 31 heavy (non-hydrogen) atoms. The van der Waals surface area contributed by atoms with Crippen molar-refractivity contribution in [2.24, 2.45) is 0 Å². The van der Waals surface area contributed by atoms with Crippen LogP contribution < -0.4 is 16.6 Å². The van der Waals surface area contributed by atoms with E-state index in [4.69, 9.17) is 4.42 Å². The SMILES string of the molecule is Cc1ccc(-n2nc(C(=O)NCc3ccco3)c(=O)n(Cc3ccccc3)c2=O)cc1. The molecule has 0 aliphatic carbocycles. The molecule has 2 aromatic carbocycles. The second kappa shape index (κ2) is 8.66. The molecule has 0 spiro atoms. The third-order valence-electron chi connectivity index (χ3n) is 4.74. The summed E-state index contributed by atoms with van der Waals surface area (Å²) >= 11 is 0. The first-order valence-electron chi connectivity index (χ1n) is 9.68. The largest absolute Gasteiger partial charge is 0.467 e. The number of benzene rings is 2. The molecule has 1 amide bonds. The van der Waals surface area contributed by atoms with Gasteiger partial charge in [0, 0.05) is 0 Å². The van der Waals surface area contributed by atoms with E-state index in [1.807, 2.05) is 37.3 Å². The van der Waals surface area contributed by atoms with Crippen molar-refractivity contribution in [3.8, 4) is 5.69 Å². The van der Waals surface area contributed by atoms with Gasteiger partial charge in [0.2, 0.25) is 5.69 Å². The number of amides is 1. The second-order valence-electron chi connectivity index (χ2n) is 7.02. The van der Waals surface area contributed by atoms with Crippen LogP contribution in [0.5, 0.6) is 0 Å². The molecule has 2 aromatic heterocycles. The van der Waals surface area contributed by atoms with E-state index in [9.17, 15) is 14.4 Å². The van der Waals surface area contributed by atoms with Crippen LogP contribution in [0.1, 0.15) is 27.4 Å². The molecule has 2 heterocycles. The third kappa shape index (κ3) is 4.37. The summed E-state index contributed by atoms with van der Waals surface area (Å²) in [6, 6.07) is 19.6. The Morgan fingerprint density at radius 2 is 1.74 bits per heavy atom. The summed E-state index contributed by atoms with van der Waals surface area (Å²) in [5, 5.41) is 6.72. The lowest BCUT2D eigenvalue weighted by Gasteiger charge is -2.12. The number of rotatable bonds is 6. The molecular formula is C23H20N4O4. The van der Waals surface area contributed by atoms with E-state index < -0.39 is 17.2 Å². The molecule has 156 valence electrons. The Morgan fingerprint density at radius 1 is 1.00 bits per heavy atom. The second-order valence-corrected chi connectivity index (χ2v) is 7.02. The van der Waals surface area contributed by atoms with E-state index in [-0.39, 0.29) is 18.8 Å². The molecule has 0 aliphatic rings. The van der Waals surface area contributed by atoms with Crippen molar-refractivity contribution in [3.05, 3.63) is 116 Å². The van der Waals surface area contributed by atoms with Gasteiger partial charge in [-0.15, -0.1) is 0 Å². The number of nitrogens with one attached hydrogen (secondary N) is 1. The summed E-state index contributed by atoms with van der Waals surface area (Å²) in [5.74, 6) is -0.158. The zero-order valence-electron chi connectivity index (χ0n) is 16.8. The zero-order valence-corrected chi connectivity index (χ0v) is 16.8. The van der Waals surface area contributed by atoms with Crippen LogP contribution in [0.3, 0.4) is 0 Å². The number of aromatic nitrogens is 3. The Labute approximate surface area is 177 Å². The van der Waals surface area contributed by atoms with E-state index in [2.05, 4.69) is 10.4 Å². The molecule has 8 nitrogen and oxygen atoms in total. The Bertz CT molecular complexity index is 1300. The van der Waals surface area contributed by atoms with Gasteiger partial charge in [-0.1, -0.05) is 48.0 Å². The summed E-state index contributed by atoms with van der Waals surface area (Å²) < 4.78 is 7.30. The predicted octanol–water partition coefficient (Wildman–Crippen LogP) is 2.27. The fourth-order valence-electron chi connectivity index (χ4n) is 3.08. The maximum absolute atomic E-state index is 13.1. The van der Waals surface area contributed by atoms with Crippen LogP contribution in [0.25, 0.3) is 5.69 Å². The lowest BCUT2D eigenvalue weighted by Crippen LogP contribution is -2.46. The molecule has 0 atom stereocenters. The van der Waals surface area contributed by atoms with Crippen LogP contribution in [0.4, 0.5) is 0 Å². The van der Waals surface area contributed by atoms with Gasteiger partial charge in [0.1, 0.15) is 5.76 Å². The fraction of sp³-hybridized carbons (Fsp3) is 0.130. The average molecular weight is 416 g/mol. The average Bonchev–Trinajstić information content (AvgIpc) is 3.30. The summed E-state index contributed by atoms with van der Waals surface area (Å²) in [5.41, 5.74) is 0.464. The smallest absolute Gasteiger partial charge is 0.352 e. The monoisotopic (exact) mass is 416 g/mol. The highest BCUT2D eigenvalue weighted by Gasteiger charge is 2.20. The first-order chi connectivity index (χ1) is 15.0. The zero-order chi connectivity index (χ0) is 21.8. The van der Waals surface area contributed by atoms with Crippen LogP contribution in [-0.4, -0.2) is 20.3 Å². The van der Waals surface area contributed by atoms with Gasteiger partial charge in [-0.05, 0) is 36.8 Å². The number of furan rings is 1. The standard InChI is InChI=1S/C23H20N4O4/c1-16-9-11-18(12-10-16)27-23(30)26(15-17-6-3-2-4-7-17)22(29)20(25-27)21(28)24-14-19-8-5-13-31-19/h2-13H,14-15H2,1H3,(H,24,28). The number of nitrogens with zero attached hydrogens (tertiary/aromatic N) is 3. The molecule has 0 unspecified atom stereocenters. The highest BCUT2D eigenvalue weighted by atomic mass is 16.3. The minimum atomic E-state index is -0.755. The molecular weight excluding hydrogens is 396 g/mol. The Morgan fingerprint density at radius 3 is 2.42 bits per heavy atom. The van der Waals surface area contributed by atoms with E-state index >= 15 is 0 Å². The maximum atomic E-state index is 13.1. The molecule has 4 rings (SSSR count). The molecule has 0 fully saturated rings. The van der Waals surface area contributed by atoms with Crippen LogP contribution >= 0.6 is 0 Å². The van der Waals surface area contributed by atoms with E-state index in [1.165, 1.54) is 6.26 Å². The Balaban J connectivity index is 1.79. The quantitative estimate of drug-likeness (QED) is 0.520. The summed E-state index contributed by atoms with van der Waals surface area (Å²) in [7, 11) is 0. The minimum absolute atomic E-state index is 0.0192. The molecule has 4 aromatic rings. The number of hydrogen-bond acceptors (Lipinski definition) is 5. The van der Waals surface area contributed by atoms with Crippen molar-refractivity contribution >= 4 is 5.91 Å². The molecule has 8 heteroatoms. The predicted molar refractivity (Wildman–Crippen MR) is 114 cm³/mol. The Hall–Kier alpha value is -4.20. The van der Waals surface area contributed by atoms with Crippen molar-refractivity contribution in [3.63, 3.8) is 0 Å². The number of hydrogen-bond donors (Lipinski definition) is 1. The van der Waals surface area contributed by atoms with Crippen LogP contribution in [0.15, 0.2) is 87.0 Å². The van der Waals surface area contributed by atoms with Crippen molar-refractivity contribution in [1.29, 1.82) is 0 Å². The van der Waals surface area contributed by atoms with Crippen LogP contribution in [-0.2, 0) is 13.1 Å². The van der Waals surface area contributed by atoms with Gasteiger partial charge in [-0.25, -0.2) is 4.79 Å². The van der Waals surface area contributed by atoms with Gasteiger partial charge in [0.15, 0.2) is 0 Å². The fourth-order valence-corrected chi connectivity index (χ4v) is 3.08. The van der Waals surface area contributed by atoms with Gasteiger partial charge in [0.25, 0.3) is 11.5 Å². The van der Waals surface area contributed by atoms with Crippen molar-refractivity contribution in [2.45, 2.75) is 20.0 Å². The molecule has 0 saturated heterocycles. The maximum Gasteiger partial charge on any atom is 0.352 e. The molecule has 1 N–H and O–H groups in total. The van der Waals surface area contributed by atoms with Crippen molar-refractivity contribution in [2.75, 3.05) is 0 Å². The van der Waals surface area contributed by atoms with Crippen molar-refractivity contribution < 1.29 is 9.21 Å². The normalized spacial score (nSPS) is 10.7. The lowest BCUT2D eigenvalue weighted by molar-refractivity contribution is 0.0938. The highest BCUT2D eigenvalue weighted by Crippen LogP contribution is 2.07. The molecule has 0 aliphatic heterocycles. The van der Waals surface area contributed by atoms with E-state index in [0.29, 0.717) is 11.4 Å². The van der Waals surface area contributed by atoms with Crippen molar-refractivity contribution in [1.82, 2.24) is 19.7 Å². The number of aryl methyl sites for hydroxylation is 1. The third-order valence-corrected chi connectivity index (χ3v) is 4.74. The first-order valence-corrected chi connectivity index (χ1v) is 9.68. The Kier molecular flexibility index (Phi) is 5.61. The van der Waals surface area contributed by atoms with Crippen LogP contribution in [0.2, 0.25) is 0 Å². The lowest BCUT2D eigenvalue weighted by atomic mass is 10.2. The van der Waals surface area contributed by atoms with Gasteiger partial charge in [0.05, 0.1) is 25.0 Å². The summed E-state index contributed by atoms with van der Waals surface area (Å²) in [4.78, 5) is 38.9.